The summed E-state index contributed by atoms with van der Waals surface area (Å²) < 4.78 is 0. The summed E-state index contributed by atoms with van der Waals surface area (Å²) in [5.74, 6) is -5.40. The highest BCUT2D eigenvalue weighted by Gasteiger charge is 2.65. The van der Waals surface area contributed by atoms with Crippen LogP contribution in [0.15, 0.2) is 103 Å². The van der Waals surface area contributed by atoms with Gasteiger partial charge in [0.15, 0.2) is 11.6 Å². The van der Waals surface area contributed by atoms with Crippen LogP contribution in [0.3, 0.4) is 0 Å². The highest BCUT2D eigenvalue weighted by molar-refractivity contribution is 6.31. The summed E-state index contributed by atoms with van der Waals surface area (Å²) in [5, 5.41) is 21.1. The van der Waals surface area contributed by atoms with Crippen LogP contribution in [0.4, 0.5) is 0 Å². The van der Waals surface area contributed by atoms with E-state index in [1.165, 1.54) is 6.08 Å². The van der Waals surface area contributed by atoms with Crippen molar-refractivity contribution in [2.75, 3.05) is 0 Å². The van der Waals surface area contributed by atoms with Crippen LogP contribution in [-0.4, -0.2) is 38.8 Å². The fourth-order valence-electron chi connectivity index (χ4n) is 7.94. The summed E-state index contributed by atoms with van der Waals surface area (Å²) >= 11 is 0. The third kappa shape index (κ3) is 3.48. The molecule has 3 aromatic carbocycles. The lowest BCUT2D eigenvalue weighted by Crippen LogP contribution is -2.58. The minimum absolute atomic E-state index is 0.0161. The van der Waals surface area contributed by atoms with Gasteiger partial charge in [-0.25, -0.2) is 0 Å². The minimum atomic E-state index is -1.34. The Morgan fingerprint density at radius 1 is 0.805 bits per heavy atom. The van der Waals surface area contributed by atoms with E-state index in [1.54, 1.807) is 30.3 Å². The van der Waals surface area contributed by atoms with Crippen LogP contribution in [-0.2, 0) is 24.6 Å². The molecule has 2 amide bonds. The first-order chi connectivity index (χ1) is 19.8. The van der Waals surface area contributed by atoms with Crippen LogP contribution in [0.1, 0.15) is 35.4 Å². The van der Waals surface area contributed by atoms with E-state index in [0.29, 0.717) is 22.3 Å². The van der Waals surface area contributed by atoms with Crippen molar-refractivity contribution in [1.29, 1.82) is 0 Å². The van der Waals surface area contributed by atoms with E-state index >= 15 is 0 Å². The number of phenolic OH excluding ortho intramolecular Hbond substituents is 1. The molecular formula is C34H27NO6. The van der Waals surface area contributed by atoms with E-state index in [9.17, 15) is 29.5 Å². The van der Waals surface area contributed by atoms with E-state index in [4.69, 9.17) is 0 Å². The molecule has 0 radical (unpaired) electrons. The lowest BCUT2D eigenvalue weighted by Gasteiger charge is -2.55. The van der Waals surface area contributed by atoms with Crippen molar-refractivity contribution < 1.29 is 29.5 Å². The predicted molar refractivity (Wildman–Crippen MR) is 148 cm³/mol. The molecule has 1 aliphatic heterocycles. The van der Waals surface area contributed by atoms with Gasteiger partial charge in [0.05, 0.1) is 17.3 Å². The van der Waals surface area contributed by atoms with Gasteiger partial charge in [0.2, 0.25) is 0 Å². The summed E-state index contributed by atoms with van der Waals surface area (Å²) in [4.78, 5) is 55.4. The van der Waals surface area contributed by atoms with Gasteiger partial charge in [0.1, 0.15) is 5.75 Å². The fraction of sp³-hybridized carbons (Fsp3) is 0.235. The molecule has 0 bridgehead atoms. The third-order valence-electron chi connectivity index (χ3n) is 9.56. The quantitative estimate of drug-likeness (QED) is 0.283. The smallest absolute Gasteiger partial charge is 0.257 e. The average molecular weight is 546 g/mol. The van der Waals surface area contributed by atoms with Gasteiger partial charge in [-0.15, -0.1) is 0 Å². The summed E-state index contributed by atoms with van der Waals surface area (Å²) in [6.45, 7) is 0. The Hall–Kier alpha value is -4.62. The highest BCUT2D eigenvalue weighted by atomic mass is 16.5. The van der Waals surface area contributed by atoms with E-state index < -0.39 is 46.8 Å². The van der Waals surface area contributed by atoms with Gasteiger partial charge in [0, 0.05) is 17.4 Å². The van der Waals surface area contributed by atoms with Crippen molar-refractivity contribution in [2.45, 2.75) is 24.2 Å². The number of Topliss-reactive ketones (excluding diaryl/α,β-unsaturated/α-hetero) is 1. The summed E-state index contributed by atoms with van der Waals surface area (Å²) in [5.41, 5.74) is 1.72. The second-order valence-corrected chi connectivity index (χ2v) is 11.4. The van der Waals surface area contributed by atoms with Gasteiger partial charge in [-0.2, -0.15) is 5.06 Å². The standard InChI is InChI=1S/C34H27NO6/c36-22-13-7-10-20(16-22)30-23-14-15-24-29(33(40)35(41)32(24)39)26(23)17-27-31(38)25(19-8-3-1-4-9-19)18-28(37)34(27,30)21-11-5-2-6-12-21/h1-14,16,18,24,26-27,29-30,36,41H,15,17H2. The third-order valence-corrected chi connectivity index (χ3v) is 9.56. The van der Waals surface area contributed by atoms with Crippen LogP contribution in [0, 0.1) is 23.7 Å². The molecule has 41 heavy (non-hydrogen) atoms. The molecule has 2 N–H and O–H groups in total. The fourth-order valence-corrected chi connectivity index (χ4v) is 7.94. The van der Waals surface area contributed by atoms with Crippen molar-refractivity contribution >= 4 is 29.0 Å². The monoisotopic (exact) mass is 545 g/mol. The summed E-state index contributed by atoms with van der Waals surface area (Å²) in [7, 11) is 0. The number of fused-ring (bicyclic) bond motifs is 4. The van der Waals surface area contributed by atoms with Gasteiger partial charge in [-0.3, -0.25) is 24.4 Å². The molecule has 4 aliphatic rings. The second kappa shape index (κ2) is 9.21. The van der Waals surface area contributed by atoms with Crippen LogP contribution in [0.2, 0.25) is 0 Å². The van der Waals surface area contributed by atoms with E-state index in [-0.39, 0.29) is 35.2 Å². The molecule has 1 heterocycles. The first-order valence-electron chi connectivity index (χ1n) is 13.8. The average Bonchev–Trinajstić information content (AvgIpc) is 3.22. The zero-order valence-corrected chi connectivity index (χ0v) is 22.0. The number of hydrogen-bond acceptors (Lipinski definition) is 6. The van der Waals surface area contributed by atoms with Gasteiger partial charge in [-0.1, -0.05) is 84.4 Å². The number of hydrogen-bond donors (Lipinski definition) is 2. The first-order valence-corrected chi connectivity index (χ1v) is 13.8. The first kappa shape index (κ1) is 25.4. The van der Waals surface area contributed by atoms with Crippen LogP contribution in [0.5, 0.6) is 5.75 Å². The van der Waals surface area contributed by atoms with Gasteiger partial charge < -0.3 is 5.11 Å². The molecule has 0 spiro atoms. The van der Waals surface area contributed by atoms with Gasteiger partial charge in [-0.05, 0) is 53.7 Å². The molecule has 204 valence electrons. The number of amides is 2. The van der Waals surface area contributed by atoms with Crippen LogP contribution >= 0.6 is 0 Å². The molecular weight excluding hydrogens is 518 g/mol. The molecule has 7 nitrogen and oxygen atoms in total. The van der Waals surface area contributed by atoms with E-state index in [1.807, 2.05) is 60.7 Å². The van der Waals surface area contributed by atoms with E-state index in [0.717, 1.165) is 5.57 Å². The van der Waals surface area contributed by atoms with Crippen molar-refractivity contribution in [1.82, 2.24) is 5.06 Å². The Labute approximate surface area is 236 Å². The lowest BCUT2D eigenvalue weighted by atomic mass is 9.44. The molecule has 3 aromatic rings. The Kier molecular flexibility index (Phi) is 5.70. The van der Waals surface area contributed by atoms with Crippen LogP contribution < -0.4 is 0 Å². The van der Waals surface area contributed by atoms with Crippen molar-refractivity contribution in [3.05, 3.63) is 119 Å². The number of phenols is 1. The molecule has 6 unspecified atom stereocenters. The van der Waals surface area contributed by atoms with Crippen molar-refractivity contribution in [3.63, 3.8) is 0 Å². The molecule has 3 aliphatic carbocycles. The Bertz CT molecular complexity index is 1680. The maximum Gasteiger partial charge on any atom is 0.257 e. The Morgan fingerprint density at radius 2 is 1.51 bits per heavy atom. The second-order valence-electron chi connectivity index (χ2n) is 11.4. The highest BCUT2D eigenvalue weighted by Crippen LogP contribution is 2.63. The molecule has 1 saturated heterocycles. The molecule has 6 atom stereocenters. The van der Waals surface area contributed by atoms with Crippen LogP contribution in [0.25, 0.3) is 5.57 Å². The zero-order chi connectivity index (χ0) is 28.5. The maximum absolute atomic E-state index is 14.7. The Balaban J connectivity index is 1.52. The van der Waals surface area contributed by atoms with Gasteiger partial charge >= 0.3 is 0 Å². The maximum atomic E-state index is 14.7. The number of hydroxylamine groups is 2. The number of benzene rings is 3. The number of carbonyl (C=O) groups excluding carboxylic acids is 4. The molecule has 1 saturated carbocycles. The topological polar surface area (TPSA) is 112 Å². The normalized spacial score (nSPS) is 30.8. The number of aromatic hydroxyl groups is 1. The number of ketones is 2. The number of carbonyl (C=O) groups is 4. The number of imide groups is 1. The summed E-state index contributed by atoms with van der Waals surface area (Å²) in [6, 6.07) is 25.0. The molecule has 0 aromatic heterocycles. The number of rotatable bonds is 3. The molecule has 2 fully saturated rings. The van der Waals surface area contributed by atoms with Crippen molar-refractivity contribution in [3.8, 4) is 5.75 Å². The molecule has 7 heteroatoms. The Morgan fingerprint density at radius 3 is 2.22 bits per heavy atom. The largest absolute Gasteiger partial charge is 0.508 e. The van der Waals surface area contributed by atoms with Gasteiger partial charge in [0.25, 0.3) is 11.8 Å². The SMILES string of the molecule is O=C1C(c2ccccc2)=CC(=O)C2(c3ccccc3)C1CC1C(=CCC3C(=O)N(O)C(=O)C31)C2c1cccc(O)c1. The molecule has 7 rings (SSSR count). The van der Waals surface area contributed by atoms with E-state index in [2.05, 4.69) is 0 Å². The predicted octanol–water partition coefficient (Wildman–Crippen LogP) is 4.61. The summed E-state index contributed by atoms with van der Waals surface area (Å²) in [6.07, 6.45) is 3.78. The lowest BCUT2D eigenvalue weighted by molar-refractivity contribution is -0.173. The minimum Gasteiger partial charge on any atom is -0.508 e. The van der Waals surface area contributed by atoms with Crippen molar-refractivity contribution in [2.24, 2.45) is 23.7 Å². The number of allylic oxidation sites excluding steroid dienone is 4. The number of nitrogens with zero attached hydrogens (tertiary/aromatic N) is 1. The zero-order valence-electron chi connectivity index (χ0n) is 22.0.